The summed E-state index contributed by atoms with van der Waals surface area (Å²) in [5.74, 6) is 0.454. The molecule has 2 amide bonds. The molecule has 2 N–H and O–H groups in total. The Balaban J connectivity index is 1.48. The first-order chi connectivity index (χ1) is 13.2. The number of amides is 2. The van der Waals surface area contributed by atoms with Crippen LogP contribution in [0.3, 0.4) is 0 Å². The molecular formula is C21H18N2O3S. The lowest BCUT2D eigenvalue weighted by Crippen LogP contribution is -2.32. The van der Waals surface area contributed by atoms with Crippen molar-refractivity contribution in [1.82, 2.24) is 5.32 Å². The summed E-state index contributed by atoms with van der Waals surface area (Å²) >= 11 is 1.37. The molecular weight excluding hydrogens is 360 g/mol. The molecule has 2 heterocycles. The summed E-state index contributed by atoms with van der Waals surface area (Å²) in [4.78, 5) is 25.6. The smallest absolute Gasteiger partial charge is 0.265 e. The Kier molecular flexibility index (Phi) is 4.89. The van der Waals surface area contributed by atoms with Gasteiger partial charge < -0.3 is 15.4 Å². The van der Waals surface area contributed by atoms with E-state index in [9.17, 15) is 9.59 Å². The molecule has 2 aromatic carbocycles. The standard InChI is InChI=1S/C21H18N2O3S/c24-20(23-17-10-11-26-18-8-2-1-7-16(17)18)14-5-3-6-15(13-14)22-21(25)19-9-4-12-27-19/h1-9,12-13,17H,10-11H2,(H,22,25)(H,23,24)/t17-/m1/s1. The van der Waals surface area contributed by atoms with Crippen LogP contribution in [0.2, 0.25) is 0 Å². The largest absolute Gasteiger partial charge is 0.493 e. The van der Waals surface area contributed by atoms with E-state index >= 15 is 0 Å². The molecule has 0 radical (unpaired) electrons. The van der Waals surface area contributed by atoms with Gasteiger partial charge in [0.15, 0.2) is 0 Å². The Morgan fingerprint density at radius 3 is 2.74 bits per heavy atom. The highest BCUT2D eigenvalue weighted by Gasteiger charge is 2.23. The molecule has 1 atom stereocenters. The number of hydrogen-bond donors (Lipinski definition) is 2. The zero-order valence-corrected chi connectivity index (χ0v) is 15.3. The summed E-state index contributed by atoms with van der Waals surface area (Å²) in [7, 11) is 0. The molecule has 0 unspecified atom stereocenters. The number of para-hydroxylation sites is 1. The summed E-state index contributed by atoms with van der Waals surface area (Å²) in [5.41, 5.74) is 2.08. The topological polar surface area (TPSA) is 67.4 Å². The van der Waals surface area contributed by atoms with E-state index in [1.54, 1.807) is 30.3 Å². The van der Waals surface area contributed by atoms with Crippen LogP contribution in [0.15, 0.2) is 66.0 Å². The maximum absolute atomic E-state index is 12.7. The van der Waals surface area contributed by atoms with Crippen LogP contribution in [-0.2, 0) is 0 Å². The monoisotopic (exact) mass is 378 g/mol. The summed E-state index contributed by atoms with van der Waals surface area (Å²) in [6.07, 6.45) is 0.720. The molecule has 4 rings (SSSR count). The summed E-state index contributed by atoms with van der Waals surface area (Å²) in [6.45, 7) is 0.568. The Bertz CT molecular complexity index is 969. The van der Waals surface area contributed by atoms with E-state index in [-0.39, 0.29) is 17.9 Å². The van der Waals surface area contributed by atoms with E-state index in [0.717, 1.165) is 17.7 Å². The van der Waals surface area contributed by atoms with Gasteiger partial charge in [0.1, 0.15) is 5.75 Å². The molecule has 5 nitrogen and oxygen atoms in total. The average Bonchev–Trinajstić information content (AvgIpc) is 3.23. The number of hydrogen-bond acceptors (Lipinski definition) is 4. The van der Waals surface area contributed by atoms with E-state index in [4.69, 9.17) is 4.74 Å². The molecule has 0 fully saturated rings. The van der Waals surface area contributed by atoms with E-state index in [0.29, 0.717) is 22.7 Å². The molecule has 1 aliphatic heterocycles. The Labute approximate surface area is 161 Å². The minimum atomic E-state index is -0.180. The zero-order chi connectivity index (χ0) is 18.6. The van der Waals surface area contributed by atoms with E-state index in [2.05, 4.69) is 10.6 Å². The first-order valence-electron chi connectivity index (χ1n) is 8.68. The van der Waals surface area contributed by atoms with Crippen molar-refractivity contribution in [2.24, 2.45) is 0 Å². The third-order valence-electron chi connectivity index (χ3n) is 4.39. The van der Waals surface area contributed by atoms with Crippen molar-refractivity contribution in [3.8, 4) is 5.75 Å². The summed E-state index contributed by atoms with van der Waals surface area (Å²) < 4.78 is 5.64. The number of fused-ring (bicyclic) bond motifs is 1. The molecule has 0 spiro atoms. The van der Waals surface area contributed by atoms with Gasteiger partial charge in [-0.05, 0) is 35.7 Å². The van der Waals surface area contributed by atoms with Crippen molar-refractivity contribution in [2.45, 2.75) is 12.5 Å². The van der Waals surface area contributed by atoms with Crippen molar-refractivity contribution in [2.75, 3.05) is 11.9 Å². The van der Waals surface area contributed by atoms with Crippen molar-refractivity contribution in [3.05, 3.63) is 82.0 Å². The number of carbonyl (C=O) groups is 2. The second-order valence-electron chi connectivity index (χ2n) is 6.21. The van der Waals surface area contributed by atoms with Crippen LogP contribution in [-0.4, -0.2) is 18.4 Å². The zero-order valence-electron chi connectivity index (χ0n) is 14.5. The molecule has 0 saturated carbocycles. The fourth-order valence-electron chi connectivity index (χ4n) is 3.07. The van der Waals surface area contributed by atoms with Crippen molar-refractivity contribution in [3.63, 3.8) is 0 Å². The number of ether oxygens (including phenoxy) is 1. The van der Waals surface area contributed by atoms with Gasteiger partial charge in [-0.3, -0.25) is 9.59 Å². The van der Waals surface area contributed by atoms with Gasteiger partial charge in [-0.2, -0.15) is 0 Å². The van der Waals surface area contributed by atoms with Crippen molar-refractivity contribution < 1.29 is 14.3 Å². The summed E-state index contributed by atoms with van der Waals surface area (Å²) in [6, 6.07) is 18.2. The first-order valence-corrected chi connectivity index (χ1v) is 9.56. The normalized spacial score (nSPS) is 15.3. The third kappa shape index (κ3) is 3.85. The van der Waals surface area contributed by atoms with E-state index in [1.807, 2.05) is 35.7 Å². The highest BCUT2D eigenvalue weighted by atomic mass is 32.1. The fourth-order valence-corrected chi connectivity index (χ4v) is 3.69. The quantitative estimate of drug-likeness (QED) is 0.713. The second kappa shape index (κ2) is 7.63. The van der Waals surface area contributed by atoms with E-state index < -0.39 is 0 Å². The molecule has 3 aromatic rings. The minimum Gasteiger partial charge on any atom is -0.493 e. The first kappa shape index (κ1) is 17.3. The molecule has 0 aliphatic carbocycles. The van der Waals surface area contributed by atoms with Crippen molar-refractivity contribution >= 4 is 28.8 Å². The van der Waals surface area contributed by atoms with Gasteiger partial charge in [-0.15, -0.1) is 11.3 Å². The highest BCUT2D eigenvalue weighted by Crippen LogP contribution is 2.31. The fraction of sp³-hybridized carbons (Fsp3) is 0.143. The Morgan fingerprint density at radius 1 is 1.00 bits per heavy atom. The number of carbonyl (C=O) groups excluding carboxylic acids is 2. The predicted molar refractivity (Wildman–Crippen MR) is 105 cm³/mol. The van der Waals surface area contributed by atoms with Gasteiger partial charge >= 0.3 is 0 Å². The molecule has 27 heavy (non-hydrogen) atoms. The maximum Gasteiger partial charge on any atom is 0.265 e. The molecule has 0 bridgehead atoms. The molecule has 6 heteroatoms. The van der Waals surface area contributed by atoms with Gasteiger partial charge in [0, 0.05) is 23.2 Å². The van der Waals surface area contributed by atoms with Gasteiger partial charge in [0.25, 0.3) is 11.8 Å². The van der Waals surface area contributed by atoms with Gasteiger partial charge in [-0.25, -0.2) is 0 Å². The van der Waals surface area contributed by atoms with Crippen LogP contribution in [0.25, 0.3) is 0 Å². The van der Waals surface area contributed by atoms with Crippen LogP contribution in [0.4, 0.5) is 5.69 Å². The maximum atomic E-state index is 12.7. The second-order valence-corrected chi connectivity index (χ2v) is 7.16. The van der Waals surface area contributed by atoms with Gasteiger partial charge in [0.2, 0.25) is 0 Å². The highest BCUT2D eigenvalue weighted by molar-refractivity contribution is 7.12. The predicted octanol–water partition coefficient (Wildman–Crippen LogP) is 4.25. The minimum absolute atomic E-state index is 0.0909. The average molecular weight is 378 g/mol. The van der Waals surface area contributed by atoms with Crippen LogP contribution < -0.4 is 15.4 Å². The van der Waals surface area contributed by atoms with Crippen molar-refractivity contribution in [1.29, 1.82) is 0 Å². The number of anilines is 1. The summed E-state index contributed by atoms with van der Waals surface area (Å²) in [5, 5.41) is 7.75. The van der Waals surface area contributed by atoms with Crippen LogP contribution in [0, 0.1) is 0 Å². The number of nitrogens with one attached hydrogen (secondary N) is 2. The molecule has 1 aliphatic rings. The molecule has 1 aromatic heterocycles. The molecule has 136 valence electrons. The Hall–Kier alpha value is -3.12. The van der Waals surface area contributed by atoms with E-state index in [1.165, 1.54) is 11.3 Å². The van der Waals surface area contributed by atoms with Gasteiger partial charge in [0.05, 0.1) is 17.5 Å². The lowest BCUT2D eigenvalue weighted by atomic mass is 10.00. The Morgan fingerprint density at radius 2 is 1.89 bits per heavy atom. The SMILES string of the molecule is O=C(N[C@@H]1CCOc2ccccc21)c1cccc(NC(=O)c2cccs2)c1. The lowest BCUT2D eigenvalue weighted by Gasteiger charge is -2.26. The van der Waals surface area contributed by atoms with Gasteiger partial charge in [-0.1, -0.05) is 30.3 Å². The lowest BCUT2D eigenvalue weighted by molar-refractivity contribution is 0.0923. The van der Waals surface area contributed by atoms with Crippen LogP contribution >= 0.6 is 11.3 Å². The van der Waals surface area contributed by atoms with Crippen LogP contribution in [0.1, 0.15) is 38.1 Å². The third-order valence-corrected chi connectivity index (χ3v) is 5.26. The number of rotatable bonds is 4. The molecule has 0 saturated heterocycles. The van der Waals surface area contributed by atoms with Crippen LogP contribution in [0.5, 0.6) is 5.75 Å². The number of thiophene rings is 1. The number of benzene rings is 2.